The van der Waals surface area contributed by atoms with Crippen molar-refractivity contribution in [1.29, 1.82) is 0 Å². The van der Waals surface area contributed by atoms with Gasteiger partial charge < -0.3 is 5.73 Å². The second-order valence-electron chi connectivity index (χ2n) is 5.56. The molecule has 3 rings (SSSR count). The number of halogens is 2. The van der Waals surface area contributed by atoms with Gasteiger partial charge in [0, 0.05) is 18.1 Å². The van der Waals surface area contributed by atoms with E-state index in [1.165, 1.54) is 0 Å². The van der Waals surface area contributed by atoms with Gasteiger partial charge in [-0.1, -0.05) is 6.07 Å². The molecule has 0 aliphatic carbocycles. The average molecular weight is 310 g/mol. The molecule has 2 heterocycles. The molecule has 0 amide bonds. The lowest BCUT2D eigenvalue weighted by atomic mass is 9.96. The minimum absolute atomic E-state index is 0. The van der Waals surface area contributed by atoms with Crippen LogP contribution in [0.2, 0.25) is 0 Å². The summed E-state index contributed by atoms with van der Waals surface area (Å²) in [4.78, 5) is 6.76. The van der Waals surface area contributed by atoms with E-state index >= 15 is 0 Å². The van der Waals surface area contributed by atoms with Crippen LogP contribution < -0.4 is 5.73 Å². The first kappa shape index (κ1) is 16.1. The van der Waals surface area contributed by atoms with E-state index in [1.807, 2.05) is 6.07 Å². The van der Waals surface area contributed by atoms with E-state index in [0.29, 0.717) is 11.3 Å². The first-order chi connectivity index (χ1) is 9.78. The number of nitrogens with zero attached hydrogens (tertiary/aromatic N) is 2. The molecule has 1 aromatic heterocycles. The summed E-state index contributed by atoms with van der Waals surface area (Å²) < 4.78 is 13.8. The van der Waals surface area contributed by atoms with Gasteiger partial charge in [0.1, 0.15) is 5.82 Å². The fourth-order valence-corrected chi connectivity index (χ4v) is 2.95. The van der Waals surface area contributed by atoms with Crippen molar-refractivity contribution >= 4 is 23.3 Å². The topological polar surface area (TPSA) is 42.1 Å². The molecule has 21 heavy (non-hydrogen) atoms. The molecule has 1 aliphatic heterocycles. The van der Waals surface area contributed by atoms with Gasteiger partial charge in [0.2, 0.25) is 0 Å². The molecular formula is C16H21ClFN3. The number of hydrogen-bond acceptors (Lipinski definition) is 3. The van der Waals surface area contributed by atoms with Crippen molar-refractivity contribution in [2.24, 2.45) is 11.7 Å². The summed E-state index contributed by atoms with van der Waals surface area (Å²) in [5, 5.41) is 0.613. The van der Waals surface area contributed by atoms with Crippen molar-refractivity contribution in [1.82, 2.24) is 9.88 Å². The number of likely N-dealkylation sites (tertiary alicyclic amines) is 1. The van der Waals surface area contributed by atoms with Crippen LogP contribution in [0.5, 0.6) is 0 Å². The molecule has 1 saturated heterocycles. The van der Waals surface area contributed by atoms with E-state index in [-0.39, 0.29) is 18.2 Å². The fourth-order valence-electron chi connectivity index (χ4n) is 2.95. The van der Waals surface area contributed by atoms with Crippen LogP contribution in [0.1, 0.15) is 18.4 Å². The molecule has 0 radical (unpaired) electrons. The fraction of sp³-hybridized carbons (Fsp3) is 0.438. The van der Waals surface area contributed by atoms with E-state index in [0.717, 1.165) is 50.1 Å². The van der Waals surface area contributed by atoms with Gasteiger partial charge in [0.05, 0.1) is 5.52 Å². The summed E-state index contributed by atoms with van der Waals surface area (Å²) in [6, 6.07) is 6.98. The van der Waals surface area contributed by atoms with Crippen molar-refractivity contribution in [2.75, 3.05) is 19.6 Å². The van der Waals surface area contributed by atoms with E-state index in [9.17, 15) is 4.39 Å². The molecule has 2 N–H and O–H groups in total. The zero-order valence-corrected chi connectivity index (χ0v) is 12.8. The number of hydrogen-bond donors (Lipinski definition) is 1. The third-order valence-electron chi connectivity index (χ3n) is 4.23. The third-order valence-corrected chi connectivity index (χ3v) is 4.23. The predicted molar refractivity (Wildman–Crippen MR) is 86.0 cm³/mol. The maximum Gasteiger partial charge on any atom is 0.132 e. The Morgan fingerprint density at radius 2 is 2.00 bits per heavy atom. The standard InChI is InChI=1S/C16H20FN3.ClH/c17-15-4-3-13(16-14(15)2-1-7-19-16)11-20-8-5-12(10-18)6-9-20;/h1-4,7,12H,5-6,8-11,18H2;1H. The molecule has 1 aliphatic rings. The molecule has 5 heteroatoms. The molecule has 0 bridgehead atoms. The van der Waals surface area contributed by atoms with Gasteiger partial charge >= 0.3 is 0 Å². The zero-order chi connectivity index (χ0) is 13.9. The monoisotopic (exact) mass is 309 g/mol. The van der Waals surface area contributed by atoms with Gasteiger partial charge in [-0.2, -0.15) is 0 Å². The van der Waals surface area contributed by atoms with Crippen LogP contribution in [0.3, 0.4) is 0 Å². The number of aromatic nitrogens is 1. The lowest BCUT2D eigenvalue weighted by Crippen LogP contribution is -2.35. The Morgan fingerprint density at radius 3 is 2.71 bits per heavy atom. The summed E-state index contributed by atoms with van der Waals surface area (Å²) in [7, 11) is 0. The highest BCUT2D eigenvalue weighted by Gasteiger charge is 2.19. The van der Waals surface area contributed by atoms with Crippen molar-refractivity contribution in [3.8, 4) is 0 Å². The average Bonchev–Trinajstić information content (AvgIpc) is 2.51. The van der Waals surface area contributed by atoms with Gasteiger partial charge in [-0.15, -0.1) is 12.4 Å². The van der Waals surface area contributed by atoms with Gasteiger partial charge in [-0.05, 0) is 62.2 Å². The van der Waals surface area contributed by atoms with Crippen LogP contribution in [0.4, 0.5) is 4.39 Å². The Hall–Kier alpha value is -1.23. The number of rotatable bonds is 3. The van der Waals surface area contributed by atoms with Crippen molar-refractivity contribution in [3.63, 3.8) is 0 Å². The smallest absolute Gasteiger partial charge is 0.132 e. The molecule has 1 fully saturated rings. The summed E-state index contributed by atoms with van der Waals surface area (Å²) in [5.74, 6) is 0.466. The number of piperidine rings is 1. The Kier molecular flexibility index (Phi) is 5.51. The summed E-state index contributed by atoms with van der Waals surface area (Å²) in [6.45, 7) is 3.75. The lowest BCUT2D eigenvalue weighted by molar-refractivity contribution is 0.181. The van der Waals surface area contributed by atoms with Gasteiger partial charge in [-0.3, -0.25) is 9.88 Å². The number of benzene rings is 1. The molecule has 3 nitrogen and oxygen atoms in total. The molecule has 114 valence electrons. The highest BCUT2D eigenvalue weighted by atomic mass is 35.5. The van der Waals surface area contributed by atoms with Crippen LogP contribution in [-0.4, -0.2) is 29.5 Å². The Bertz CT molecular complexity index is 597. The minimum Gasteiger partial charge on any atom is -0.330 e. The Labute approximate surface area is 130 Å². The van der Waals surface area contributed by atoms with E-state index in [4.69, 9.17) is 5.73 Å². The summed E-state index contributed by atoms with van der Waals surface area (Å²) >= 11 is 0. The first-order valence-electron chi connectivity index (χ1n) is 7.22. The predicted octanol–water partition coefficient (Wildman–Crippen LogP) is 2.97. The van der Waals surface area contributed by atoms with Crippen molar-refractivity contribution in [3.05, 3.63) is 41.8 Å². The SMILES string of the molecule is Cl.NCC1CCN(Cc2ccc(F)c3cccnc23)CC1. The summed E-state index contributed by atoms with van der Waals surface area (Å²) in [6.07, 6.45) is 4.04. The molecule has 2 aromatic rings. The van der Waals surface area contributed by atoms with Crippen molar-refractivity contribution in [2.45, 2.75) is 19.4 Å². The molecule has 1 aromatic carbocycles. The summed E-state index contributed by atoms with van der Waals surface area (Å²) in [5.41, 5.74) is 7.61. The highest BCUT2D eigenvalue weighted by Crippen LogP contribution is 2.23. The Balaban J connectivity index is 0.00000161. The third kappa shape index (κ3) is 3.51. The second kappa shape index (κ2) is 7.16. The molecule has 0 spiro atoms. The number of fused-ring (bicyclic) bond motifs is 1. The second-order valence-corrected chi connectivity index (χ2v) is 5.56. The minimum atomic E-state index is -0.196. The normalized spacial score (nSPS) is 16.9. The van der Waals surface area contributed by atoms with Crippen molar-refractivity contribution < 1.29 is 4.39 Å². The molecule has 0 atom stereocenters. The molecule has 0 unspecified atom stereocenters. The lowest BCUT2D eigenvalue weighted by Gasteiger charge is -2.31. The van der Waals surface area contributed by atoms with Crippen LogP contribution >= 0.6 is 12.4 Å². The zero-order valence-electron chi connectivity index (χ0n) is 12.0. The number of nitrogens with two attached hydrogens (primary N) is 1. The van der Waals surface area contributed by atoms with Crippen LogP contribution in [-0.2, 0) is 6.54 Å². The van der Waals surface area contributed by atoms with Crippen LogP contribution in [0.25, 0.3) is 10.9 Å². The first-order valence-corrected chi connectivity index (χ1v) is 7.22. The number of pyridine rings is 1. The maximum atomic E-state index is 13.8. The van der Waals surface area contributed by atoms with Crippen LogP contribution in [0, 0.1) is 11.7 Å². The van der Waals surface area contributed by atoms with E-state index in [1.54, 1.807) is 24.4 Å². The highest BCUT2D eigenvalue weighted by molar-refractivity contribution is 5.85. The van der Waals surface area contributed by atoms with Crippen LogP contribution in [0.15, 0.2) is 30.5 Å². The quantitative estimate of drug-likeness (QED) is 0.948. The largest absolute Gasteiger partial charge is 0.330 e. The molecular weight excluding hydrogens is 289 g/mol. The van der Waals surface area contributed by atoms with Gasteiger partial charge in [0.25, 0.3) is 0 Å². The van der Waals surface area contributed by atoms with E-state index in [2.05, 4.69) is 9.88 Å². The van der Waals surface area contributed by atoms with E-state index < -0.39 is 0 Å². The van der Waals surface area contributed by atoms with Gasteiger partial charge in [0.15, 0.2) is 0 Å². The Morgan fingerprint density at radius 1 is 1.24 bits per heavy atom. The molecule has 0 saturated carbocycles. The maximum absolute atomic E-state index is 13.8. The van der Waals surface area contributed by atoms with Gasteiger partial charge in [-0.25, -0.2) is 4.39 Å².